The van der Waals surface area contributed by atoms with Gasteiger partial charge in [0.2, 0.25) is 11.8 Å². The number of amides is 2. The zero-order chi connectivity index (χ0) is 30.0. The molecule has 4 aromatic rings. The van der Waals surface area contributed by atoms with Gasteiger partial charge in [-0.15, -0.1) is 0 Å². The molecule has 2 N–H and O–H groups in total. The number of nitrogens with one attached hydrogen (secondary N) is 1. The maximum atomic E-state index is 14.1. The molecular weight excluding hydrogens is 540 g/mol. The minimum absolute atomic E-state index is 0.0508. The standard InChI is InChI=1S/C36H34N2O5/c1-2-21-43-29-18-16-27(17-19-29)32-30-31(34(40)38(33(30)39)20-8-11-24-9-4-3-5-10-24)36(37-32,35(41)42)23-25-14-15-26-12-6-7-13-28(26)22-25/h3-19,22,30-32,37H,2,20-21,23H2,1H3,(H,41,42). The summed E-state index contributed by atoms with van der Waals surface area (Å²) in [6.45, 7) is 2.68. The zero-order valence-electron chi connectivity index (χ0n) is 24.0. The molecule has 4 unspecified atom stereocenters. The molecule has 2 saturated heterocycles. The first kappa shape index (κ1) is 28.4. The van der Waals surface area contributed by atoms with Gasteiger partial charge in [0.15, 0.2) is 0 Å². The Morgan fingerprint density at radius 1 is 0.930 bits per heavy atom. The maximum absolute atomic E-state index is 14.1. The normalized spacial score (nSPS) is 23.3. The minimum atomic E-state index is -1.68. The van der Waals surface area contributed by atoms with E-state index >= 15 is 0 Å². The van der Waals surface area contributed by atoms with Crippen molar-refractivity contribution in [1.29, 1.82) is 0 Å². The number of carbonyl (C=O) groups excluding carboxylic acids is 2. The number of benzene rings is 4. The number of hydrogen-bond donors (Lipinski definition) is 2. The van der Waals surface area contributed by atoms with Crippen molar-refractivity contribution < 1.29 is 24.2 Å². The van der Waals surface area contributed by atoms with E-state index in [4.69, 9.17) is 4.74 Å². The summed E-state index contributed by atoms with van der Waals surface area (Å²) in [6, 6.07) is 30.0. The van der Waals surface area contributed by atoms with Gasteiger partial charge < -0.3 is 9.84 Å². The summed E-state index contributed by atoms with van der Waals surface area (Å²) in [7, 11) is 0. The molecule has 0 bridgehead atoms. The molecule has 2 fully saturated rings. The maximum Gasteiger partial charge on any atom is 0.325 e. The van der Waals surface area contributed by atoms with Gasteiger partial charge in [0.1, 0.15) is 11.3 Å². The van der Waals surface area contributed by atoms with Crippen LogP contribution in [0.1, 0.15) is 36.1 Å². The van der Waals surface area contributed by atoms with Crippen LogP contribution in [0.3, 0.4) is 0 Å². The lowest BCUT2D eigenvalue weighted by atomic mass is 9.76. The zero-order valence-corrected chi connectivity index (χ0v) is 24.0. The van der Waals surface area contributed by atoms with Crippen molar-refractivity contribution in [1.82, 2.24) is 10.2 Å². The van der Waals surface area contributed by atoms with Crippen LogP contribution in [-0.2, 0) is 20.8 Å². The second kappa shape index (κ2) is 11.9. The monoisotopic (exact) mass is 574 g/mol. The van der Waals surface area contributed by atoms with Crippen LogP contribution < -0.4 is 10.1 Å². The van der Waals surface area contributed by atoms with Gasteiger partial charge in [0.25, 0.3) is 0 Å². The quantitative estimate of drug-likeness (QED) is 0.238. The third-order valence-corrected chi connectivity index (χ3v) is 8.53. The molecule has 43 heavy (non-hydrogen) atoms. The summed E-state index contributed by atoms with van der Waals surface area (Å²) in [4.78, 5) is 42.5. The van der Waals surface area contributed by atoms with Gasteiger partial charge in [-0.05, 0) is 46.0 Å². The summed E-state index contributed by atoms with van der Waals surface area (Å²) in [5.41, 5.74) is 0.782. The third kappa shape index (κ3) is 5.32. The average Bonchev–Trinajstić information content (AvgIpc) is 3.50. The van der Waals surface area contributed by atoms with Crippen LogP contribution in [0.15, 0.2) is 103 Å². The first-order chi connectivity index (χ1) is 20.9. The highest BCUT2D eigenvalue weighted by Gasteiger charge is 2.68. The first-order valence-corrected chi connectivity index (χ1v) is 14.7. The van der Waals surface area contributed by atoms with E-state index in [-0.39, 0.29) is 18.9 Å². The molecule has 2 aliphatic rings. The fourth-order valence-corrected chi connectivity index (χ4v) is 6.48. The van der Waals surface area contributed by atoms with Crippen LogP contribution in [-0.4, -0.2) is 46.5 Å². The molecule has 0 aliphatic carbocycles. The molecule has 7 nitrogen and oxygen atoms in total. The van der Waals surface area contributed by atoms with Gasteiger partial charge in [-0.1, -0.05) is 104 Å². The van der Waals surface area contributed by atoms with Crippen molar-refractivity contribution in [3.8, 4) is 5.75 Å². The number of aliphatic carboxylic acids is 1. The SMILES string of the molecule is CCCOc1ccc(C2NC(Cc3ccc4ccccc4c3)(C(=O)O)C3C(=O)N(CC=Cc4ccccc4)C(=O)C23)cc1. The molecule has 0 radical (unpaired) electrons. The van der Waals surface area contributed by atoms with Crippen LogP contribution in [0.5, 0.6) is 5.75 Å². The number of imide groups is 1. The van der Waals surface area contributed by atoms with E-state index in [9.17, 15) is 19.5 Å². The van der Waals surface area contributed by atoms with E-state index < -0.39 is 35.3 Å². The van der Waals surface area contributed by atoms with Crippen LogP contribution >= 0.6 is 0 Å². The summed E-state index contributed by atoms with van der Waals surface area (Å²) < 4.78 is 5.74. The first-order valence-electron chi connectivity index (χ1n) is 14.7. The molecule has 2 amide bonds. The molecule has 4 atom stereocenters. The summed E-state index contributed by atoms with van der Waals surface area (Å²) in [5, 5.41) is 16.2. The Balaban J connectivity index is 1.37. The van der Waals surface area contributed by atoms with Crippen molar-refractivity contribution in [2.75, 3.05) is 13.2 Å². The van der Waals surface area contributed by atoms with Crippen LogP contribution in [0.2, 0.25) is 0 Å². The van der Waals surface area contributed by atoms with Crippen molar-refractivity contribution in [3.63, 3.8) is 0 Å². The molecule has 218 valence electrons. The predicted molar refractivity (Wildman–Crippen MR) is 165 cm³/mol. The highest BCUT2D eigenvalue weighted by molar-refractivity contribution is 6.09. The lowest BCUT2D eigenvalue weighted by Gasteiger charge is -2.31. The Morgan fingerprint density at radius 2 is 1.65 bits per heavy atom. The Morgan fingerprint density at radius 3 is 2.37 bits per heavy atom. The van der Waals surface area contributed by atoms with Gasteiger partial charge >= 0.3 is 5.97 Å². The van der Waals surface area contributed by atoms with Gasteiger partial charge in [-0.2, -0.15) is 0 Å². The number of fused-ring (bicyclic) bond motifs is 2. The lowest BCUT2D eigenvalue weighted by molar-refractivity contribution is -0.151. The second-order valence-corrected chi connectivity index (χ2v) is 11.3. The third-order valence-electron chi connectivity index (χ3n) is 8.53. The van der Waals surface area contributed by atoms with Crippen molar-refractivity contribution >= 4 is 34.6 Å². The molecule has 4 aromatic carbocycles. The summed E-state index contributed by atoms with van der Waals surface area (Å²) in [6.07, 6.45) is 4.56. The number of hydrogen-bond acceptors (Lipinski definition) is 5. The van der Waals surface area contributed by atoms with Crippen molar-refractivity contribution in [3.05, 3.63) is 120 Å². The largest absolute Gasteiger partial charge is 0.494 e. The Kier molecular flexibility index (Phi) is 7.82. The van der Waals surface area contributed by atoms with Crippen LogP contribution in [0.4, 0.5) is 0 Å². The molecule has 0 aromatic heterocycles. The predicted octanol–water partition coefficient (Wildman–Crippen LogP) is 5.65. The molecule has 0 spiro atoms. The van der Waals surface area contributed by atoms with E-state index in [1.807, 2.05) is 110 Å². The van der Waals surface area contributed by atoms with Gasteiger partial charge in [0, 0.05) is 19.0 Å². The molecule has 6 rings (SSSR count). The fourth-order valence-electron chi connectivity index (χ4n) is 6.48. The highest BCUT2D eigenvalue weighted by Crippen LogP contribution is 2.50. The molecule has 2 heterocycles. The summed E-state index contributed by atoms with van der Waals surface area (Å²) in [5.74, 6) is -3.22. The van der Waals surface area contributed by atoms with E-state index in [1.54, 1.807) is 6.08 Å². The second-order valence-electron chi connectivity index (χ2n) is 11.3. The lowest BCUT2D eigenvalue weighted by Crippen LogP contribution is -2.57. The number of rotatable bonds is 10. The number of likely N-dealkylation sites (tertiary alicyclic amines) is 1. The Bertz CT molecular complexity index is 1680. The number of carboxylic acid groups (broad SMARTS) is 1. The Hall–Kier alpha value is -4.75. The average molecular weight is 575 g/mol. The van der Waals surface area contributed by atoms with E-state index in [0.717, 1.165) is 33.9 Å². The topological polar surface area (TPSA) is 95.9 Å². The Labute approximate surface area is 250 Å². The minimum Gasteiger partial charge on any atom is -0.494 e. The van der Waals surface area contributed by atoms with E-state index in [2.05, 4.69) is 5.32 Å². The number of carbonyl (C=O) groups is 3. The van der Waals surface area contributed by atoms with Crippen molar-refractivity contribution in [2.45, 2.75) is 31.3 Å². The molecule has 0 saturated carbocycles. The van der Waals surface area contributed by atoms with Crippen LogP contribution in [0, 0.1) is 11.8 Å². The smallest absolute Gasteiger partial charge is 0.325 e. The molecular formula is C36H34N2O5. The number of nitrogens with zero attached hydrogens (tertiary/aromatic N) is 1. The van der Waals surface area contributed by atoms with Gasteiger partial charge in [0.05, 0.1) is 18.4 Å². The molecule has 7 heteroatoms. The molecule has 2 aliphatic heterocycles. The van der Waals surface area contributed by atoms with E-state index in [1.165, 1.54) is 4.90 Å². The number of ether oxygens (including phenoxy) is 1. The van der Waals surface area contributed by atoms with Crippen molar-refractivity contribution in [2.24, 2.45) is 11.8 Å². The van der Waals surface area contributed by atoms with Gasteiger partial charge in [-0.25, -0.2) is 0 Å². The van der Waals surface area contributed by atoms with Crippen LogP contribution in [0.25, 0.3) is 16.8 Å². The van der Waals surface area contributed by atoms with E-state index in [0.29, 0.717) is 12.4 Å². The fraction of sp³-hybridized carbons (Fsp3) is 0.250. The van der Waals surface area contributed by atoms with Gasteiger partial charge in [-0.3, -0.25) is 24.6 Å². The summed E-state index contributed by atoms with van der Waals surface area (Å²) >= 11 is 0. The number of carboxylic acids is 1. The highest BCUT2D eigenvalue weighted by atomic mass is 16.5.